The van der Waals surface area contributed by atoms with Crippen LogP contribution in [0.4, 0.5) is 4.79 Å². The lowest BCUT2D eigenvalue weighted by molar-refractivity contribution is 0.235. The lowest BCUT2D eigenvalue weighted by Crippen LogP contribution is -2.43. The van der Waals surface area contributed by atoms with E-state index in [4.69, 9.17) is 0 Å². The SMILES string of the molecule is C[C@H](C[S@](C)=O)NC(=O)N[C@H](C)c1ccc(-c2ccccc2)cc1. The number of carbonyl (C=O) groups is 1. The molecular weight excluding hydrogens is 320 g/mol. The highest BCUT2D eigenvalue weighted by molar-refractivity contribution is 7.84. The molecule has 0 bridgehead atoms. The van der Waals surface area contributed by atoms with E-state index in [1.165, 1.54) is 5.56 Å². The molecule has 0 aliphatic rings. The zero-order valence-electron chi connectivity index (χ0n) is 14.3. The van der Waals surface area contributed by atoms with E-state index in [-0.39, 0.29) is 18.1 Å². The van der Waals surface area contributed by atoms with Crippen molar-refractivity contribution in [1.29, 1.82) is 0 Å². The van der Waals surface area contributed by atoms with Gasteiger partial charge in [-0.15, -0.1) is 0 Å². The highest BCUT2D eigenvalue weighted by Gasteiger charge is 2.12. The second-order valence-electron chi connectivity index (χ2n) is 5.97. The van der Waals surface area contributed by atoms with Gasteiger partial charge in [0.05, 0.1) is 6.04 Å². The van der Waals surface area contributed by atoms with Gasteiger partial charge in [0.15, 0.2) is 0 Å². The molecule has 0 aliphatic carbocycles. The molecule has 0 spiro atoms. The zero-order chi connectivity index (χ0) is 17.5. The lowest BCUT2D eigenvalue weighted by Gasteiger charge is -2.18. The molecule has 128 valence electrons. The largest absolute Gasteiger partial charge is 0.335 e. The van der Waals surface area contributed by atoms with Crippen LogP contribution in [0, 0.1) is 0 Å². The van der Waals surface area contributed by atoms with Crippen LogP contribution in [0.3, 0.4) is 0 Å². The summed E-state index contributed by atoms with van der Waals surface area (Å²) in [6.45, 7) is 3.79. The van der Waals surface area contributed by atoms with Gasteiger partial charge < -0.3 is 10.6 Å². The topological polar surface area (TPSA) is 58.2 Å². The molecule has 0 aliphatic heterocycles. The van der Waals surface area contributed by atoms with Gasteiger partial charge in [0.1, 0.15) is 0 Å². The molecule has 2 rings (SSSR count). The van der Waals surface area contributed by atoms with Crippen molar-refractivity contribution in [2.45, 2.75) is 25.9 Å². The monoisotopic (exact) mass is 344 g/mol. The fourth-order valence-corrected chi connectivity index (χ4v) is 3.32. The van der Waals surface area contributed by atoms with E-state index in [1.807, 2.05) is 44.2 Å². The highest BCUT2D eigenvalue weighted by Crippen LogP contribution is 2.21. The Hall–Kier alpha value is -2.14. The van der Waals surface area contributed by atoms with Crippen molar-refractivity contribution in [3.8, 4) is 11.1 Å². The van der Waals surface area contributed by atoms with E-state index in [1.54, 1.807) is 6.26 Å². The summed E-state index contributed by atoms with van der Waals surface area (Å²) in [7, 11) is -0.924. The predicted molar refractivity (Wildman–Crippen MR) is 100 cm³/mol. The number of benzene rings is 2. The Morgan fingerprint density at radius 1 is 0.958 bits per heavy atom. The summed E-state index contributed by atoms with van der Waals surface area (Å²) < 4.78 is 11.2. The molecule has 2 aromatic carbocycles. The van der Waals surface area contributed by atoms with Gasteiger partial charge in [0, 0.05) is 28.9 Å². The van der Waals surface area contributed by atoms with Crippen molar-refractivity contribution in [2.75, 3.05) is 12.0 Å². The Morgan fingerprint density at radius 2 is 1.54 bits per heavy atom. The van der Waals surface area contributed by atoms with Crippen molar-refractivity contribution in [3.63, 3.8) is 0 Å². The molecule has 3 atom stereocenters. The van der Waals surface area contributed by atoms with Gasteiger partial charge in [0.2, 0.25) is 0 Å². The molecule has 0 fully saturated rings. The van der Waals surface area contributed by atoms with Gasteiger partial charge in [-0.05, 0) is 30.5 Å². The number of urea groups is 1. The quantitative estimate of drug-likeness (QED) is 0.843. The zero-order valence-corrected chi connectivity index (χ0v) is 15.1. The van der Waals surface area contributed by atoms with Gasteiger partial charge in [0.25, 0.3) is 0 Å². The van der Waals surface area contributed by atoms with Crippen molar-refractivity contribution in [2.24, 2.45) is 0 Å². The molecule has 2 aromatic rings. The van der Waals surface area contributed by atoms with E-state index in [0.29, 0.717) is 5.75 Å². The maximum absolute atomic E-state index is 12.0. The average molecular weight is 344 g/mol. The minimum absolute atomic E-state index is 0.103. The Labute approximate surface area is 146 Å². The van der Waals surface area contributed by atoms with Crippen LogP contribution in [-0.4, -0.2) is 28.3 Å². The summed E-state index contributed by atoms with van der Waals surface area (Å²) in [5.41, 5.74) is 3.36. The van der Waals surface area contributed by atoms with E-state index in [2.05, 4.69) is 34.9 Å². The van der Waals surface area contributed by atoms with E-state index in [0.717, 1.165) is 11.1 Å². The first-order valence-corrected chi connectivity index (χ1v) is 9.71. The smallest absolute Gasteiger partial charge is 0.315 e. The number of rotatable bonds is 6. The third kappa shape index (κ3) is 5.49. The van der Waals surface area contributed by atoms with Crippen molar-refractivity contribution >= 4 is 16.8 Å². The lowest BCUT2D eigenvalue weighted by atomic mass is 10.0. The summed E-state index contributed by atoms with van der Waals surface area (Å²) >= 11 is 0. The molecule has 0 unspecified atom stereocenters. The number of amides is 2. The Morgan fingerprint density at radius 3 is 2.12 bits per heavy atom. The highest BCUT2D eigenvalue weighted by atomic mass is 32.2. The van der Waals surface area contributed by atoms with Gasteiger partial charge in [-0.25, -0.2) is 4.79 Å². The van der Waals surface area contributed by atoms with Crippen molar-refractivity contribution in [1.82, 2.24) is 10.6 Å². The summed E-state index contributed by atoms with van der Waals surface area (Å²) in [4.78, 5) is 12.0. The fourth-order valence-electron chi connectivity index (χ4n) is 2.53. The standard InChI is InChI=1S/C19H24N2O2S/c1-14(13-24(3)23)20-19(22)21-15(2)16-9-11-18(12-10-16)17-7-5-4-6-8-17/h4-12,14-15H,13H2,1-3H3,(H2,20,21,22)/t14-,15-,24+/m1/s1. The summed E-state index contributed by atoms with van der Waals surface area (Å²) in [6.07, 6.45) is 1.63. The first kappa shape index (κ1) is 18.2. The molecule has 2 amide bonds. The predicted octanol–water partition coefficient (Wildman–Crippen LogP) is 3.48. The van der Waals surface area contributed by atoms with Crippen LogP contribution in [0.15, 0.2) is 54.6 Å². The minimum Gasteiger partial charge on any atom is -0.335 e. The van der Waals surface area contributed by atoms with Crippen molar-refractivity contribution in [3.05, 3.63) is 60.2 Å². The molecule has 0 radical (unpaired) electrons. The molecule has 2 N–H and O–H groups in total. The van der Waals surface area contributed by atoms with Crippen LogP contribution in [-0.2, 0) is 10.8 Å². The van der Waals surface area contributed by atoms with Crippen LogP contribution < -0.4 is 10.6 Å². The second kappa shape index (κ2) is 8.64. The number of nitrogens with one attached hydrogen (secondary N) is 2. The molecule has 0 saturated heterocycles. The normalized spacial score (nSPS) is 14.5. The molecule has 0 saturated carbocycles. The van der Waals surface area contributed by atoms with Gasteiger partial charge >= 0.3 is 6.03 Å². The Bertz CT molecular complexity index is 686. The maximum atomic E-state index is 12.0. The average Bonchev–Trinajstić information content (AvgIpc) is 2.54. The first-order chi connectivity index (χ1) is 11.5. The van der Waals surface area contributed by atoms with Crippen LogP contribution >= 0.6 is 0 Å². The fraction of sp³-hybridized carbons (Fsp3) is 0.316. The van der Waals surface area contributed by atoms with Crippen LogP contribution in [0.1, 0.15) is 25.5 Å². The minimum atomic E-state index is -0.924. The first-order valence-electron chi connectivity index (χ1n) is 7.98. The third-order valence-electron chi connectivity index (χ3n) is 3.73. The van der Waals surface area contributed by atoms with E-state index in [9.17, 15) is 9.00 Å². The van der Waals surface area contributed by atoms with Gasteiger partial charge in [-0.2, -0.15) is 0 Å². The number of carbonyl (C=O) groups excluding carboxylic acids is 1. The van der Waals surface area contributed by atoms with Gasteiger partial charge in [-0.3, -0.25) is 4.21 Å². The van der Waals surface area contributed by atoms with Crippen molar-refractivity contribution < 1.29 is 9.00 Å². The van der Waals surface area contributed by atoms with Crippen LogP contribution in [0.25, 0.3) is 11.1 Å². The summed E-state index contributed by atoms with van der Waals surface area (Å²) in [5, 5.41) is 5.72. The number of hydrogen-bond acceptors (Lipinski definition) is 2. The molecule has 5 heteroatoms. The third-order valence-corrected chi connectivity index (χ3v) is 4.70. The molecule has 24 heavy (non-hydrogen) atoms. The summed E-state index contributed by atoms with van der Waals surface area (Å²) in [6, 6.07) is 17.9. The van der Waals surface area contributed by atoms with E-state index >= 15 is 0 Å². The van der Waals surface area contributed by atoms with Gasteiger partial charge in [-0.1, -0.05) is 54.6 Å². The molecule has 0 aromatic heterocycles. The molecular formula is C19H24N2O2S. The van der Waals surface area contributed by atoms with E-state index < -0.39 is 10.8 Å². The molecule has 4 nitrogen and oxygen atoms in total. The van der Waals surface area contributed by atoms with Crippen LogP contribution in [0.5, 0.6) is 0 Å². The molecule has 0 heterocycles. The Balaban J connectivity index is 1.94. The van der Waals surface area contributed by atoms with Crippen LogP contribution in [0.2, 0.25) is 0 Å². The number of hydrogen-bond donors (Lipinski definition) is 2. The summed E-state index contributed by atoms with van der Waals surface area (Å²) in [5.74, 6) is 0.452. The maximum Gasteiger partial charge on any atom is 0.315 e. The Kier molecular flexibility index (Phi) is 6.55. The second-order valence-corrected chi connectivity index (χ2v) is 7.45.